The van der Waals surface area contributed by atoms with Gasteiger partial charge >= 0.3 is 0 Å². The Morgan fingerprint density at radius 1 is 0.967 bits per heavy atom. The molecule has 160 valence electrons. The van der Waals surface area contributed by atoms with Crippen LogP contribution in [0.3, 0.4) is 0 Å². The number of hydrogen-bond acceptors (Lipinski definition) is 4. The van der Waals surface area contributed by atoms with E-state index in [0.29, 0.717) is 16.9 Å². The van der Waals surface area contributed by atoms with E-state index in [-0.39, 0.29) is 12.0 Å². The van der Waals surface area contributed by atoms with Crippen molar-refractivity contribution in [1.29, 1.82) is 0 Å². The van der Waals surface area contributed by atoms with E-state index in [4.69, 9.17) is 10.5 Å². The van der Waals surface area contributed by atoms with E-state index in [0.717, 1.165) is 37.6 Å². The molecule has 1 amide bonds. The Morgan fingerprint density at radius 2 is 1.67 bits per heavy atom. The highest BCUT2D eigenvalue weighted by molar-refractivity contribution is 6.05. The number of nitrogen functional groups attached to an aromatic ring is 1. The predicted octanol–water partition coefficient (Wildman–Crippen LogP) is 4.94. The number of nitrogens with zero attached hydrogens (tertiary/aromatic N) is 1. The smallest absolute Gasteiger partial charge is 0.255 e. The molecule has 2 aromatic carbocycles. The maximum Gasteiger partial charge on any atom is 0.255 e. The van der Waals surface area contributed by atoms with Gasteiger partial charge in [-0.1, -0.05) is 31.4 Å². The molecule has 2 fully saturated rings. The molecule has 1 aliphatic heterocycles. The zero-order chi connectivity index (χ0) is 20.8. The molecule has 2 aromatic rings. The molecule has 1 saturated carbocycles. The minimum absolute atomic E-state index is 0.171. The van der Waals surface area contributed by atoms with Gasteiger partial charge in [-0.15, -0.1) is 0 Å². The molecule has 0 unspecified atom stereocenters. The van der Waals surface area contributed by atoms with E-state index in [1.807, 2.05) is 36.4 Å². The van der Waals surface area contributed by atoms with Gasteiger partial charge in [-0.25, -0.2) is 0 Å². The number of carbonyl (C=O) groups is 1. The fourth-order valence-corrected chi connectivity index (χ4v) is 4.63. The van der Waals surface area contributed by atoms with E-state index >= 15 is 0 Å². The van der Waals surface area contributed by atoms with Crippen LogP contribution < -0.4 is 15.8 Å². The van der Waals surface area contributed by atoms with Crippen molar-refractivity contribution in [2.45, 2.75) is 51.0 Å². The maximum absolute atomic E-state index is 12.5. The summed E-state index contributed by atoms with van der Waals surface area (Å²) < 4.78 is 6.19. The average molecular weight is 408 g/mol. The van der Waals surface area contributed by atoms with E-state index in [1.165, 1.54) is 38.6 Å². The van der Waals surface area contributed by atoms with Crippen molar-refractivity contribution in [3.05, 3.63) is 54.1 Å². The van der Waals surface area contributed by atoms with Gasteiger partial charge < -0.3 is 20.7 Å². The number of piperidine rings is 1. The first-order chi connectivity index (χ1) is 14.7. The van der Waals surface area contributed by atoms with Crippen molar-refractivity contribution in [2.75, 3.05) is 30.7 Å². The number of benzene rings is 2. The SMILES string of the molecule is Nc1ccccc1NC(=O)c1ccc(OC2CCN(CC3CCCCC3)CC2)cc1. The number of amides is 1. The van der Waals surface area contributed by atoms with Crippen LogP contribution in [-0.4, -0.2) is 36.5 Å². The number of carbonyl (C=O) groups excluding carboxylic acids is 1. The molecule has 1 saturated heterocycles. The Balaban J connectivity index is 1.24. The van der Waals surface area contributed by atoms with Crippen LogP contribution in [0.5, 0.6) is 5.75 Å². The van der Waals surface area contributed by atoms with Crippen molar-refractivity contribution in [2.24, 2.45) is 5.92 Å². The van der Waals surface area contributed by atoms with Crippen LogP contribution in [0.25, 0.3) is 0 Å². The number of hydrogen-bond donors (Lipinski definition) is 2. The van der Waals surface area contributed by atoms with E-state index in [9.17, 15) is 4.79 Å². The summed E-state index contributed by atoms with van der Waals surface area (Å²) in [4.78, 5) is 15.1. The van der Waals surface area contributed by atoms with Crippen molar-refractivity contribution < 1.29 is 9.53 Å². The van der Waals surface area contributed by atoms with Crippen LogP contribution in [0.4, 0.5) is 11.4 Å². The zero-order valence-electron chi connectivity index (χ0n) is 17.7. The summed E-state index contributed by atoms with van der Waals surface area (Å²) in [5.41, 5.74) is 7.67. The number of nitrogens with one attached hydrogen (secondary N) is 1. The second kappa shape index (κ2) is 9.98. The summed E-state index contributed by atoms with van der Waals surface area (Å²) >= 11 is 0. The lowest BCUT2D eigenvalue weighted by atomic mass is 9.88. The lowest BCUT2D eigenvalue weighted by molar-refractivity contribution is 0.0863. The Kier molecular flexibility index (Phi) is 6.90. The quantitative estimate of drug-likeness (QED) is 0.665. The molecule has 0 spiro atoms. The van der Waals surface area contributed by atoms with Crippen molar-refractivity contribution in [3.8, 4) is 5.75 Å². The number of para-hydroxylation sites is 2. The molecule has 4 rings (SSSR count). The molecule has 0 atom stereocenters. The number of ether oxygens (including phenoxy) is 1. The minimum atomic E-state index is -0.171. The van der Waals surface area contributed by atoms with Crippen molar-refractivity contribution in [3.63, 3.8) is 0 Å². The Labute approximate surface area is 179 Å². The van der Waals surface area contributed by atoms with E-state index in [2.05, 4.69) is 10.2 Å². The first kappa shape index (κ1) is 20.7. The summed E-state index contributed by atoms with van der Waals surface area (Å²) in [6.07, 6.45) is 9.47. The van der Waals surface area contributed by atoms with Gasteiger partial charge in [-0.05, 0) is 68.0 Å². The van der Waals surface area contributed by atoms with Gasteiger partial charge in [-0.2, -0.15) is 0 Å². The van der Waals surface area contributed by atoms with E-state index < -0.39 is 0 Å². The Morgan fingerprint density at radius 3 is 2.37 bits per heavy atom. The van der Waals surface area contributed by atoms with Crippen molar-refractivity contribution in [1.82, 2.24) is 4.90 Å². The maximum atomic E-state index is 12.5. The molecular weight excluding hydrogens is 374 g/mol. The fraction of sp³-hybridized carbons (Fsp3) is 0.480. The van der Waals surface area contributed by atoms with Crippen LogP contribution in [0.15, 0.2) is 48.5 Å². The Bertz CT molecular complexity index is 823. The third-order valence-corrected chi connectivity index (χ3v) is 6.40. The molecule has 3 N–H and O–H groups in total. The molecule has 1 heterocycles. The predicted molar refractivity (Wildman–Crippen MR) is 122 cm³/mol. The van der Waals surface area contributed by atoms with Gasteiger partial charge in [0.05, 0.1) is 11.4 Å². The summed E-state index contributed by atoms with van der Waals surface area (Å²) in [7, 11) is 0. The molecule has 0 bridgehead atoms. The second-order valence-electron chi connectivity index (χ2n) is 8.69. The third kappa shape index (κ3) is 5.54. The molecule has 30 heavy (non-hydrogen) atoms. The topological polar surface area (TPSA) is 67.6 Å². The number of nitrogens with two attached hydrogens (primary N) is 1. The number of anilines is 2. The highest BCUT2D eigenvalue weighted by Crippen LogP contribution is 2.26. The molecule has 5 nitrogen and oxygen atoms in total. The molecule has 1 aliphatic carbocycles. The van der Waals surface area contributed by atoms with Crippen molar-refractivity contribution >= 4 is 17.3 Å². The lowest BCUT2D eigenvalue weighted by Crippen LogP contribution is -2.40. The third-order valence-electron chi connectivity index (χ3n) is 6.40. The lowest BCUT2D eigenvalue weighted by Gasteiger charge is -2.35. The van der Waals surface area contributed by atoms with Crippen LogP contribution in [-0.2, 0) is 0 Å². The number of likely N-dealkylation sites (tertiary alicyclic amines) is 1. The molecule has 2 aliphatic rings. The minimum Gasteiger partial charge on any atom is -0.490 e. The highest BCUT2D eigenvalue weighted by atomic mass is 16.5. The highest BCUT2D eigenvalue weighted by Gasteiger charge is 2.23. The molecular formula is C25H33N3O2. The summed E-state index contributed by atoms with van der Waals surface area (Å²) in [6, 6.07) is 14.7. The normalized spacial score (nSPS) is 18.8. The summed E-state index contributed by atoms with van der Waals surface area (Å²) in [6.45, 7) is 3.52. The van der Waals surface area contributed by atoms with Gasteiger partial charge in [0.25, 0.3) is 5.91 Å². The largest absolute Gasteiger partial charge is 0.490 e. The van der Waals surface area contributed by atoms with E-state index in [1.54, 1.807) is 12.1 Å². The monoisotopic (exact) mass is 407 g/mol. The van der Waals surface area contributed by atoms with Gasteiger partial charge in [0.1, 0.15) is 11.9 Å². The molecule has 0 aromatic heterocycles. The fourth-order valence-electron chi connectivity index (χ4n) is 4.63. The average Bonchev–Trinajstić information content (AvgIpc) is 2.78. The standard InChI is InChI=1S/C25H33N3O2/c26-23-8-4-5-9-24(23)27-25(29)20-10-12-21(13-11-20)30-22-14-16-28(17-15-22)18-19-6-2-1-3-7-19/h4-5,8-13,19,22H,1-3,6-7,14-18,26H2,(H,27,29). The van der Waals surface area contributed by atoms with Crippen LogP contribution >= 0.6 is 0 Å². The van der Waals surface area contributed by atoms with Crippen LogP contribution in [0.1, 0.15) is 55.3 Å². The first-order valence-corrected chi connectivity index (χ1v) is 11.3. The van der Waals surface area contributed by atoms with Crippen LogP contribution in [0.2, 0.25) is 0 Å². The second-order valence-corrected chi connectivity index (χ2v) is 8.69. The van der Waals surface area contributed by atoms with Gasteiger partial charge in [-0.3, -0.25) is 4.79 Å². The summed E-state index contributed by atoms with van der Waals surface area (Å²) in [5, 5.41) is 2.86. The molecule has 5 heteroatoms. The first-order valence-electron chi connectivity index (χ1n) is 11.3. The molecule has 0 radical (unpaired) electrons. The zero-order valence-corrected chi connectivity index (χ0v) is 17.7. The summed E-state index contributed by atoms with van der Waals surface area (Å²) in [5.74, 6) is 1.56. The number of rotatable bonds is 6. The van der Waals surface area contributed by atoms with Gasteiger partial charge in [0, 0.05) is 25.2 Å². The van der Waals surface area contributed by atoms with Gasteiger partial charge in [0.15, 0.2) is 0 Å². The Hall–Kier alpha value is -2.53. The van der Waals surface area contributed by atoms with Crippen LogP contribution in [0, 0.1) is 5.92 Å². The van der Waals surface area contributed by atoms with Gasteiger partial charge in [0.2, 0.25) is 0 Å².